The molecule has 2 heterocycles. The van der Waals surface area contributed by atoms with Gasteiger partial charge in [-0.15, -0.1) is 11.3 Å². The van der Waals surface area contributed by atoms with E-state index in [1.807, 2.05) is 36.6 Å². The fourth-order valence-corrected chi connectivity index (χ4v) is 3.05. The summed E-state index contributed by atoms with van der Waals surface area (Å²) >= 11 is 1.58. The Labute approximate surface area is 126 Å². The van der Waals surface area contributed by atoms with Crippen molar-refractivity contribution < 1.29 is 9.59 Å². The highest BCUT2D eigenvalue weighted by molar-refractivity contribution is 7.13. The molecule has 108 valence electrons. The van der Waals surface area contributed by atoms with Crippen LogP contribution in [-0.2, 0) is 9.59 Å². The Morgan fingerprint density at radius 1 is 1.48 bits per heavy atom. The van der Waals surface area contributed by atoms with Crippen molar-refractivity contribution in [1.82, 2.24) is 10.3 Å². The Bertz CT molecular complexity index is 696. The van der Waals surface area contributed by atoms with E-state index >= 15 is 0 Å². The van der Waals surface area contributed by atoms with Crippen LogP contribution < -0.4 is 10.6 Å². The lowest BCUT2D eigenvalue weighted by atomic mass is 10.2. The summed E-state index contributed by atoms with van der Waals surface area (Å²) in [6, 6.07) is 7.15. The predicted molar refractivity (Wildman–Crippen MR) is 82.1 cm³/mol. The molecule has 6 heteroatoms. The number of benzene rings is 1. The third-order valence-corrected chi connectivity index (χ3v) is 4.32. The summed E-state index contributed by atoms with van der Waals surface area (Å²) in [7, 11) is 0. The molecule has 0 radical (unpaired) electrons. The number of anilines is 1. The number of amides is 2. The molecule has 1 fully saturated rings. The van der Waals surface area contributed by atoms with Gasteiger partial charge >= 0.3 is 0 Å². The molecule has 1 aromatic carbocycles. The van der Waals surface area contributed by atoms with Gasteiger partial charge in [-0.3, -0.25) is 9.59 Å². The molecule has 1 unspecified atom stereocenters. The van der Waals surface area contributed by atoms with Crippen molar-refractivity contribution in [1.29, 1.82) is 0 Å². The highest BCUT2D eigenvalue weighted by atomic mass is 32.1. The first kappa shape index (κ1) is 13.8. The monoisotopic (exact) mass is 301 g/mol. The molecule has 5 nitrogen and oxygen atoms in total. The van der Waals surface area contributed by atoms with E-state index in [0.29, 0.717) is 18.5 Å². The van der Waals surface area contributed by atoms with Gasteiger partial charge in [0.25, 0.3) is 0 Å². The summed E-state index contributed by atoms with van der Waals surface area (Å²) in [6.45, 7) is 1.95. The SMILES string of the molecule is Cc1csc(-c2cccc(NC(=O)C3CCC(=O)N3)c2)n1. The topological polar surface area (TPSA) is 71.1 Å². The lowest BCUT2D eigenvalue weighted by Crippen LogP contribution is -2.37. The van der Waals surface area contributed by atoms with Gasteiger partial charge in [0, 0.05) is 28.7 Å². The van der Waals surface area contributed by atoms with Crippen LogP contribution in [0.15, 0.2) is 29.6 Å². The molecule has 0 bridgehead atoms. The summed E-state index contributed by atoms with van der Waals surface area (Å²) < 4.78 is 0. The normalized spacial score (nSPS) is 17.6. The minimum absolute atomic E-state index is 0.0674. The highest BCUT2D eigenvalue weighted by Crippen LogP contribution is 2.26. The van der Waals surface area contributed by atoms with E-state index in [-0.39, 0.29) is 11.8 Å². The van der Waals surface area contributed by atoms with Gasteiger partial charge in [0.15, 0.2) is 0 Å². The van der Waals surface area contributed by atoms with Crippen LogP contribution in [0.25, 0.3) is 10.6 Å². The van der Waals surface area contributed by atoms with Gasteiger partial charge in [-0.2, -0.15) is 0 Å². The van der Waals surface area contributed by atoms with Gasteiger partial charge in [0.1, 0.15) is 11.0 Å². The quantitative estimate of drug-likeness (QED) is 0.914. The zero-order chi connectivity index (χ0) is 14.8. The summed E-state index contributed by atoms with van der Waals surface area (Å²) in [5.41, 5.74) is 2.67. The van der Waals surface area contributed by atoms with Crippen LogP contribution in [0.5, 0.6) is 0 Å². The Kier molecular flexibility index (Phi) is 3.70. The summed E-state index contributed by atoms with van der Waals surface area (Å²) in [5, 5.41) is 8.43. The van der Waals surface area contributed by atoms with Crippen molar-refractivity contribution in [2.45, 2.75) is 25.8 Å². The zero-order valence-electron chi connectivity index (χ0n) is 11.6. The number of hydrogen-bond donors (Lipinski definition) is 2. The van der Waals surface area contributed by atoms with Crippen LogP contribution in [0, 0.1) is 6.92 Å². The Morgan fingerprint density at radius 3 is 3.00 bits per heavy atom. The number of thiazole rings is 1. The van der Waals surface area contributed by atoms with Gasteiger partial charge in [0.2, 0.25) is 11.8 Å². The minimum Gasteiger partial charge on any atom is -0.344 e. The van der Waals surface area contributed by atoms with Crippen molar-refractivity contribution in [3.63, 3.8) is 0 Å². The minimum atomic E-state index is -0.428. The maximum atomic E-state index is 12.1. The lowest BCUT2D eigenvalue weighted by Gasteiger charge is -2.11. The summed E-state index contributed by atoms with van der Waals surface area (Å²) in [5.74, 6) is -0.240. The van der Waals surface area contributed by atoms with E-state index in [0.717, 1.165) is 16.3 Å². The van der Waals surface area contributed by atoms with E-state index in [1.54, 1.807) is 11.3 Å². The van der Waals surface area contributed by atoms with E-state index in [4.69, 9.17) is 0 Å². The fourth-order valence-electron chi connectivity index (χ4n) is 2.26. The molecule has 1 aromatic heterocycles. The average molecular weight is 301 g/mol. The number of aryl methyl sites for hydroxylation is 1. The zero-order valence-corrected chi connectivity index (χ0v) is 12.4. The van der Waals surface area contributed by atoms with Crippen LogP contribution in [0.1, 0.15) is 18.5 Å². The van der Waals surface area contributed by atoms with Crippen LogP contribution in [0.2, 0.25) is 0 Å². The Morgan fingerprint density at radius 2 is 2.33 bits per heavy atom. The number of rotatable bonds is 3. The molecule has 2 amide bonds. The molecule has 1 aliphatic heterocycles. The van der Waals surface area contributed by atoms with Gasteiger partial charge in [-0.25, -0.2) is 4.98 Å². The molecule has 1 atom stereocenters. The number of nitrogens with zero attached hydrogens (tertiary/aromatic N) is 1. The van der Waals surface area contributed by atoms with Crippen LogP contribution in [-0.4, -0.2) is 22.8 Å². The molecule has 0 saturated carbocycles. The third kappa shape index (κ3) is 3.11. The molecule has 3 rings (SSSR count). The Balaban J connectivity index is 1.74. The van der Waals surface area contributed by atoms with Gasteiger partial charge in [-0.05, 0) is 25.5 Å². The number of hydrogen-bond acceptors (Lipinski definition) is 4. The second kappa shape index (κ2) is 5.65. The molecule has 1 aliphatic rings. The number of carbonyl (C=O) groups is 2. The van der Waals surface area contributed by atoms with Gasteiger partial charge in [0.05, 0.1) is 0 Å². The lowest BCUT2D eigenvalue weighted by molar-refractivity contribution is -0.122. The van der Waals surface area contributed by atoms with E-state index in [1.165, 1.54) is 0 Å². The third-order valence-electron chi connectivity index (χ3n) is 3.31. The molecule has 0 spiro atoms. The number of aromatic nitrogens is 1. The van der Waals surface area contributed by atoms with Crippen LogP contribution >= 0.6 is 11.3 Å². The highest BCUT2D eigenvalue weighted by Gasteiger charge is 2.27. The maximum Gasteiger partial charge on any atom is 0.246 e. The Hall–Kier alpha value is -2.21. The second-order valence-electron chi connectivity index (χ2n) is 5.02. The molecule has 21 heavy (non-hydrogen) atoms. The maximum absolute atomic E-state index is 12.1. The van der Waals surface area contributed by atoms with E-state index in [2.05, 4.69) is 15.6 Å². The van der Waals surface area contributed by atoms with Crippen molar-refractivity contribution in [3.05, 3.63) is 35.3 Å². The van der Waals surface area contributed by atoms with Gasteiger partial charge in [-0.1, -0.05) is 12.1 Å². The number of carbonyl (C=O) groups excluding carboxylic acids is 2. The molecule has 2 aromatic rings. The first-order valence-corrected chi connectivity index (χ1v) is 7.62. The standard InChI is InChI=1S/C15H15N3O2S/c1-9-8-21-15(16-9)10-3-2-4-11(7-10)17-14(20)12-5-6-13(19)18-12/h2-4,7-8,12H,5-6H2,1H3,(H,17,20)(H,18,19). The fraction of sp³-hybridized carbons (Fsp3) is 0.267. The molecule has 0 aliphatic carbocycles. The van der Waals surface area contributed by atoms with E-state index < -0.39 is 6.04 Å². The second-order valence-corrected chi connectivity index (χ2v) is 5.88. The van der Waals surface area contributed by atoms with Gasteiger partial charge < -0.3 is 10.6 Å². The summed E-state index contributed by atoms with van der Waals surface area (Å²) in [4.78, 5) is 27.7. The molecule has 2 N–H and O–H groups in total. The summed E-state index contributed by atoms with van der Waals surface area (Å²) in [6.07, 6.45) is 0.965. The van der Waals surface area contributed by atoms with Crippen molar-refractivity contribution >= 4 is 28.8 Å². The average Bonchev–Trinajstić information content (AvgIpc) is 3.08. The van der Waals surface area contributed by atoms with Crippen molar-refractivity contribution in [2.75, 3.05) is 5.32 Å². The molecular weight excluding hydrogens is 286 g/mol. The van der Waals surface area contributed by atoms with Crippen molar-refractivity contribution in [3.8, 4) is 10.6 Å². The smallest absolute Gasteiger partial charge is 0.246 e. The predicted octanol–water partition coefficient (Wildman–Crippen LogP) is 2.34. The molecule has 1 saturated heterocycles. The first-order valence-electron chi connectivity index (χ1n) is 6.74. The van der Waals surface area contributed by atoms with E-state index in [9.17, 15) is 9.59 Å². The largest absolute Gasteiger partial charge is 0.344 e. The molecular formula is C15H15N3O2S. The van der Waals surface area contributed by atoms with Crippen molar-refractivity contribution in [2.24, 2.45) is 0 Å². The number of nitrogens with one attached hydrogen (secondary N) is 2. The van der Waals surface area contributed by atoms with Crippen LogP contribution in [0.3, 0.4) is 0 Å². The first-order chi connectivity index (χ1) is 10.1. The van der Waals surface area contributed by atoms with Crippen LogP contribution in [0.4, 0.5) is 5.69 Å².